The van der Waals surface area contributed by atoms with Crippen LogP contribution < -0.4 is 15.5 Å². The van der Waals surface area contributed by atoms with Crippen LogP contribution in [0.15, 0.2) is 112 Å². The lowest BCUT2D eigenvalue weighted by Crippen LogP contribution is -2.32. The van der Waals surface area contributed by atoms with Gasteiger partial charge in [-0.3, -0.25) is 14.6 Å². The van der Waals surface area contributed by atoms with Crippen molar-refractivity contribution < 1.29 is 39.6 Å². The maximum absolute atomic E-state index is 14.1. The summed E-state index contributed by atoms with van der Waals surface area (Å²) in [5.41, 5.74) is -3.69. The number of carbonyl (C=O) groups is 2. The number of thiazole rings is 1. The SMILES string of the molecule is CN(C)CC[C@H](CSc1ccccc1)Nc1ccc(S(=O)(=O)CC(=O)c2csc(N3CCc4cccc(C(=O)Nc5cn6ccncc6n5)c4C3)n2)cc1S(=O)(=O)C(F)(F)F. The summed E-state index contributed by atoms with van der Waals surface area (Å²) < 4.78 is 97.1. The van der Waals surface area contributed by atoms with Gasteiger partial charge < -0.3 is 24.8 Å². The Hall–Kier alpha value is -5.35. The van der Waals surface area contributed by atoms with Crippen LogP contribution in [0.1, 0.15) is 38.4 Å². The van der Waals surface area contributed by atoms with E-state index < -0.39 is 58.2 Å². The highest BCUT2D eigenvalue weighted by atomic mass is 32.2. The smallest absolute Gasteiger partial charge is 0.380 e. The fourth-order valence-electron chi connectivity index (χ4n) is 6.62. The van der Waals surface area contributed by atoms with Gasteiger partial charge in [0.25, 0.3) is 15.7 Å². The van der Waals surface area contributed by atoms with Crippen molar-refractivity contribution in [1.82, 2.24) is 24.3 Å². The van der Waals surface area contributed by atoms with Crippen molar-refractivity contribution in [2.75, 3.05) is 54.2 Å². The van der Waals surface area contributed by atoms with Gasteiger partial charge in [0, 0.05) is 53.1 Å². The van der Waals surface area contributed by atoms with Gasteiger partial charge in [-0.1, -0.05) is 30.3 Å². The quantitative estimate of drug-likeness (QED) is 0.0799. The Balaban J connectivity index is 1.08. The predicted molar refractivity (Wildman–Crippen MR) is 228 cm³/mol. The molecular weight excluding hydrogens is 874 g/mol. The molecule has 0 aliphatic carbocycles. The molecule has 0 unspecified atom stereocenters. The number of amides is 1. The number of hydrogen-bond acceptors (Lipinski definition) is 14. The van der Waals surface area contributed by atoms with Gasteiger partial charge in [0.05, 0.1) is 23.0 Å². The highest BCUT2D eigenvalue weighted by molar-refractivity contribution is 7.99. The molecule has 6 aromatic rings. The molecule has 1 aliphatic heterocycles. The number of alkyl halides is 3. The van der Waals surface area contributed by atoms with E-state index in [-0.39, 0.29) is 18.1 Å². The number of halogens is 3. The van der Waals surface area contributed by atoms with Gasteiger partial charge in [0.15, 0.2) is 32.2 Å². The number of anilines is 3. The number of carbonyl (C=O) groups excluding carboxylic acids is 2. The number of nitrogens with zero attached hydrogens (tertiary/aromatic N) is 6. The van der Waals surface area contributed by atoms with Gasteiger partial charge in [0.2, 0.25) is 0 Å². The maximum Gasteiger partial charge on any atom is 0.501 e. The van der Waals surface area contributed by atoms with Crippen molar-refractivity contribution >= 4 is 76.7 Å². The summed E-state index contributed by atoms with van der Waals surface area (Å²) >= 11 is 2.51. The summed E-state index contributed by atoms with van der Waals surface area (Å²) in [7, 11) is -7.08. The van der Waals surface area contributed by atoms with Crippen molar-refractivity contribution in [3.8, 4) is 0 Å². The number of sulfone groups is 2. The second kappa shape index (κ2) is 17.9. The molecule has 2 N–H and O–H groups in total. The normalized spacial score (nSPS) is 13.9. The monoisotopic (exact) mass is 912 g/mol. The third-order valence-corrected chi connectivity index (χ3v) is 15.0. The molecule has 14 nitrogen and oxygen atoms in total. The number of Topliss-reactive ketones (excluding diaryl/α,β-unsaturated/α-hetero) is 1. The molecule has 0 radical (unpaired) electrons. The molecule has 0 spiro atoms. The first-order valence-corrected chi connectivity index (χ1v) is 23.7. The van der Waals surface area contributed by atoms with Crippen LogP contribution in [0.5, 0.6) is 0 Å². The zero-order valence-electron chi connectivity index (χ0n) is 32.7. The number of ketones is 1. The van der Waals surface area contributed by atoms with Crippen LogP contribution in [-0.2, 0) is 32.6 Å². The number of benzene rings is 3. The highest BCUT2D eigenvalue weighted by Crippen LogP contribution is 2.37. The Morgan fingerprint density at radius 3 is 2.54 bits per heavy atom. The van der Waals surface area contributed by atoms with Crippen LogP contribution in [0.4, 0.5) is 29.8 Å². The number of aromatic nitrogens is 4. The molecular formula is C40H39F3N8O6S4. The molecule has 0 saturated carbocycles. The summed E-state index contributed by atoms with van der Waals surface area (Å²) in [4.78, 5) is 42.3. The molecule has 1 amide bonds. The molecule has 0 bridgehead atoms. The first-order chi connectivity index (χ1) is 29.0. The lowest BCUT2D eigenvalue weighted by Gasteiger charge is -2.29. The van der Waals surface area contributed by atoms with Crippen LogP contribution in [0.25, 0.3) is 5.65 Å². The predicted octanol–water partition coefficient (Wildman–Crippen LogP) is 6.48. The fourth-order valence-corrected chi connectivity index (χ4v) is 10.7. The number of rotatable bonds is 16. The largest absolute Gasteiger partial charge is 0.501 e. The first kappa shape index (κ1) is 43.7. The van der Waals surface area contributed by atoms with E-state index in [0.29, 0.717) is 59.9 Å². The van der Waals surface area contributed by atoms with E-state index in [2.05, 4.69) is 25.6 Å². The minimum Gasteiger partial charge on any atom is -0.380 e. The average molecular weight is 913 g/mol. The second-order valence-electron chi connectivity index (χ2n) is 14.4. The summed E-state index contributed by atoms with van der Waals surface area (Å²) in [5.74, 6) is -1.80. The van der Waals surface area contributed by atoms with Crippen molar-refractivity contribution in [3.05, 3.63) is 119 Å². The van der Waals surface area contributed by atoms with Crippen LogP contribution in [0.2, 0.25) is 0 Å². The first-order valence-electron chi connectivity index (χ1n) is 18.7. The van der Waals surface area contributed by atoms with Crippen molar-refractivity contribution in [2.24, 2.45) is 0 Å². The van der Waals surface area contributed by atoms with Gasteiger partial charge in [-0.2, -0.15) is 13.2 Å². The van der Waals surface area contributed by atoms with Crippen molar-refractivity contribution in [1.29, 1.82) is 0 Å². The molecule has 0 fully saturated rings. The van der Waals surface area contributed by atoms with Crippen LogP contribution in [-0.4, -0.2) is 103 Å². The minimum atomic E-state index is -6.05. The molecule has 7 rings (SSSR count). The molecule has 61 heavy (non-hydrogen) atoms. The van der Waals surface area contributed by atoms with Gasteiger partial charge in [-0.05, 0) is 81.0 Å². The van der Waals surface area contributed by atoms with E-state index in [9.17, 15) is 39.6 Å². The molecule has 3 aromatic heterocycles. The molecule has 320 valence electrons. The minimum absolute atomic E-state index is 0.192. The van der Waals surface area contributed by atoms with E-state index in [1.165, 1.54) is 17.1 Å². The molecule has 4 heterocycles. The Labute approximate surface area is 358 Å². The fraction of sp³-hybridized carbons (Fsp3) is 0.275. The van der Waals surface area contributed by atoms with Crippen molar-refractivity contribution in [2.45, 2.75) is 45.6 Å². The van der Waals surface area contributed by atoms with Gasteiger partial charge >= 0.3 is 5.51 Å². The van der Waals surface area contributed by atoms with Crippen LogP contribution in [0.3, 0.4) is 0 Å². The number of imidazole rings is 1. The summed E-state index contributed by atoms with van der Waals surface area (Å²) in [6.07, 6.45) is 7.50. The Bertz CT molecular complexity index is 2770. The summed E-state index contributed by atoms with van der Waals surface area (Å²) in [5, 5.41) is 7.53. The van der Waals surface area contributed by atoms with Gasteiger partial charge in [-0.15, -0.1) is 23.1 Å². The molecule has 3 aromatic carbocycles. The Kier molecular flexibility index (Phi) is 12.9. The second-order valence-corrected chi connectivity index (χ2v) is 20.2. The number of thioether (sulfide) groups is 1. The lowest BCUT2D eigenvalue weighted by molar-refractivity contribution is -0.0435. The molecule has 1 aliphatic rings. The van der Waals surface area contributed by atoms with E-state index >= 15 is 0 Å². The third kappa shape index (κ3) is 10.1. The molecule has 0 saturated heterocycles. The topological polar surface area (TPSA) is 176 Å². The standard InChI is InChI=1S/C40H39F3N8O6S4/c1-49(2)16-14-27(23-58-28-8-4-3-5-9-28)45-32-12-11-29(19-35(32)61(56,57)40(41,42)43)60(54,55)25-34(52)33-24-59-39(46-33)51-17-13-26-7-6-10-30(31(26)21-51)38(53)48-36-22-50-18-15-44-20-37(50)47-36/h3-12,15,18-20,22,24,27,45H,13-14,16-17,21,23,25H2,1-2H3,(H,48,53)/t27-/m1/s1. The van der Waals surface area contributed by atoms with E-state index in [0.717, 1.165) is 39.5 Å². The summed E-state index contributed by atoms with van der Waals surface area (Å²) in [6.45, 7) is 1.26. The number of fused-ring (bicyclic) bond motifs is 2. The third-order valence-electron chi connectivity index (χ3n) is 9.78. The maximum atomic E-state index is 14.1. The van der Waals surface area contributed by atoms with Crippen LogP contribution in [0, 0.1) is 0 Å². The van der Waals surface area contributed by atoms with Crippen LogP contribution >= 0.6 is 23.1 Å². The number of hydrogen-bond donors (Lipinski definition) is 2. The Morgan fingerprint density at radius 2 is 1.80 bits per heavy atom. The zero-order chi connectivity index (χ0) is 43.5. The van der Waals surface area contributed by atoms with Gasteiger partial charge in [-0.25, -0.2) is 26.8 Å². The molecule has 21 heteroatoms. The zero-order valence-corrected chi connectivity index (χ0v) is 35.9. The van der Waals surface area contributed by atoms with E-state index in [4.69, 9.17) is 0 Å². The van der Waals surface area contributed by atoms with Gasteiger partial charge in [0.1, 0.15) is 16.3 Å². The molecule has 1 atom stereocenters. The lowest BCUT2D eigenvalue weighted by atomic mass is 9.94. The Morgan fingerprint density at radius 1 is 1.02 bits per heavy atom. The number of nitrogens with one attached hydrogen (secondary N) is 2. The van der Waals surface area contributed by atoms with E-state index in [1.54, 1.807) is 41.3 Å². The highest BCUT2D eigenvalue weighted by Gasteiger charge is 2.48. The summed E-state index contributed by atoms with van der Waals surface area (Å²) in [6, 6.07) is 16.6. The van der Waals surface area contributed by atoms with E-state index in [1.807, 2.05) is 60.3 Å². The van der Waals surface area contributed by atoms with Crippen molar-refractivity contribution in [3.63, 3.8) is 0 Å². The average Bonchev–Trinajstić information content (AvgIpc) is 3.89.